The Hall–Kier alpha value is -2.38. The van der Waals surface area contributed by atoms with Crippen LogP contribution in [0.1, 0.15) is 15.9 Å². The number of halogens is 2. The van der Waals surface area contributed by atoms with E-state index in [4.69, 9.17) is 4.74 Å². The maximum atomic E-state index is 12.1. The first-order chi connectivity index (χ1) is 13.0. The van der Waals surface area contributed by atoms with E-state index >= 15 is 0 Å². The molecule has 0 atom stereocenters. The van der Waals surface area contributed by atoms with E-state index in [1.54, 1.807) is 18.2 Å². The Morgan fingerprint density at radius 1 is 1.00 bits per heavy atom. The molecule has 0 bridgehead atoms. The van der Waals surface area contributed by atoms with Crippen molar-refractivity contribution in [2.24, 2.45) is 0 Å². The van der Waals surface area contributed by atoms with Gasteiger partial charge >= 0.3 is 0 Å². The van der Waals surface area contributed by atoms with Gasteiger partial charge in [0.25, 0.3) is 11.8 Å². The van der Waals surface area contributed by atoms with Gasteiger partial charge in [0.2, 0.25) is 0 Å². The van der Waals surface area contributed by atoms with Gasteiger partial charge in [-0.25, -0.2) is 0 Å². The molecule has 7 heteroatoms. The van der Waals surface area contributed by atoms with Crippen LogP contribution in [0.2, 0.25) is 0 Å². The maximum Gasteiger partial charge on any atom is 0.276 e. The molecule has 0 saturated carbocycles. The molecule has 0 fully saturated rings. The molecule has 0 unspecified atom stereocenters. The number of benzene rings is 3. The van der Waals surface area contributed by atoms with Crippen molar-refractivity contribution in [2.45, 2.75) is 6.92 Å². The summed E-state index contributed by atoms with van der Waals surface area (Å²) >= 11 is 6.96. The molecule has 0 saturated heterocycles. The lowest BCUT2D eigenvalue weighted by atomic mass is 10.1. The molecule has 3 aromatic rings. The summed E-state index contributed by atoms with van der Waals surface area (Å²) < 4.78 is 7.33. The number of aryl methyl sites for hydroxylation is 1. The van der Waals surface area contributed by atoms with Crippen LogP contribution < -0.4 is 15.6 Å². The third-order valence-corrected chi connectivity index (χ3v) is 5.26. The minimum atomic E-state index is -0.459. The molecule has 0 aliphatic carbocycles. The smallest absolute Gasteiger partial charge is 0.276 e. The number of nitrogens with one attached hydrogen (secondary N) is 2. The van der Waals surface area contributed by atoms with Gasteiger partial charge in [0, 0.05) is 10.0 Å². The predicted molar refractivity (Wildman–Crippen MR) is 112 cm³/mol. The van der Waals surface area contributed by atoms with E-state index in [2.05, 4.69) is 42.7 Å². The highest BCUT2D eigenvalue weighted by atomic mass is 79.9. The molecule has 2 N–H and O–H groups in total. The summed E-state index contributed by atoms with van der Waals surface area (Å²) in [5, 5.41) is 2.02. The van der Waals surface area contributed by atoms with Crippen molar-refractivity contribution in [1.82, 2.24) is 10.9 Å². The highest BCUT2D eigenvalue weighted by molar-refractivity contribution is 9.11. The summed E-state index contributed by atoms with van der Waals surface area (Å²) in [6, 6.07) is 16.7. The molecular weight excluding hydrogens is 476 g/mol. The van der Waals surface area contributed by atoms with Gasteiger partial charge in [0.15, 0.2) is 6.61 Å². The molecule has 0 aromatic heterocycles. The molecule has 0 radical (unpaired) electrons. The van der Waals surface area contributed by atoms with Crippen LogP contribution in [0.4, 0.5) is 0 Å². The largest absolute Gasteiger partial charge is 0.483 e. The van der Waals surface area contributed by atoms with Crippen molar-refractivity contribution in [1.29, 1.82) is 0 Å². The third-order valence-electron chi connectivity index (χ3n) is 3.94. The monoisotopic (exact) mass is 490 g/mol. The number of hydrogen-bond acceptors (Lipinski definition) is 3. The molecule has 5 nitrogen and oxygen atoms in total. The summed E-state index contributed by atoms with van der Waals surface area (Å²) in [6.45, 7) is 1.60. The highest BCUT2D eigenvalue weighted by Gasteiger charge is 2.11. The number of fused-ring (bicyclic) bond motifs is 1. The molecule has 3 rings (SSSR count). The standard InChI is InChI=1S/C20H16Br2N2O3/c1-12-4-2-3-5-15(12)20(26)24-23-18(25)11-27-17-9-6-13-10-14(21)7-8-16(13)19(17)22/h2-10H,11H2,1H3,(H,23,25)(H,24,26). The molecule has 138 valence electrons. The second-order valence-electron chi connectivity index (χ2n) is 5.85. The van der Waals surface area contributed by atoms with E-state index in [-0.39, 0.29) is 12.5 Å². The van der Waals surface area contributed by atoms with Crippen molar-refractivity contribution >= 4 is 54.4 Å². The van der Waals surface area contributed by atoms with Crippen LogP contribution in [0.25, 0.3) is 10.8 Å². The number of hydrogen-bond donors (Lipinski definition) is 2. The van der Waals surface area contributed by atoms with Crippen molar-refractivity contribution in [3.63, 3.8) is 0 Å². The van der Waals surface area contributed by atoms with Gasteiger partial charge in [0.1, 0.15) is 5.75 Å². The fraction of sp³-hybridized carbons (Fsp3) is 0.100. The maximum absolute atomic E-state index is 12.1. The normalized spacial score (nSPS) is 10.5. The predicted octanol–water partition coefficient (Wildman–Crippen LogP) is 4.51. The van der Waals surface area contributed by atoms with Gasteiger partial charge in [-0.3, -0.25) is 20.4 Å². The van der Waals surface area contributed by atoms with E-state index in [0.717, 1.165) is 25.3 Å². The molecule has 0 aliphatic rings. The summed E-state index contributed by atoms with van der Waals surface area (Å²) in [5.41, 5.74) is 6.08. The quantitative estimate of drug-likeness (QED) is 0.527. The van der Waals surface area contributed by atoms with Gasteiger partial charge in [0.05, 0.1) is 4.47 Å². The Morgan fingerprint density at radius 2 is 1.78 bits per heavy atom. The lowest BCUT2D eigenvalue weighted by Gasteiger charge is -2.12. The van der Waals surface area contributed by atoms with E-state index < -0.39 is 5.91 Å². The Bertz CT molecular complexity index is 1020. The zero-order valence-corrected chi connectivity index (χ0v) is 17.6. The Kier molecular flexibility index (Phi) is 6.13. The van der Waals surface area contributed by atoms with E-state index in [1.807, 2.05) is 43.3 Å². The molecule has 27 heavy (non-hydrogen) atoms. The van der Waals surface area contributed by atoms with Crippen LogP contribution in [0.3, 0.4) is 0 Å². The number of rotatable bonds is 4. The minimum Gasteiger partial charge on any atom is -0.483 e. The second kappa shape index (κ2) is 8.54. The number of hydrazine groups is 1. The molecule has 0 spiro atoms. The molecular formula is C20H16Br2N2O3. The average Bonchev–Trinajstić information content (AvgIpc) is 2.66. The average molecular weight is 492 g/mol. The topological polar surface area (TPSA) is 67.4 Å². The molecule has 0 heterocycles. The van der Waals surface area contributed by atoms with Gasteiger partial charge in [-0.1, -0.05) is 46.3 Å². The first-order valence-corrected chi connectivity index (χ1v) is 9.69. The fourth-order valence-corrected chi connectivity index (χ4v) is 3.54. The zero-order chi connectivity index (χ0) is 19.4. The van der Waals surface area contributed by atoms with Gasteiger partial charge in [-0.15, -0.1) is 0 Å². The highest BCUT2D eigenvalue weighted by Crippen LogP contribution is 2.34. The number of carbonyl (C=O) groups excluding carboxylic acids is 2. The summed E-state index contributed by atoms with van der Waals surface area (Å²) in [7, 11) is 0. The van der Waals surface area contributed by atoms with Crippen molar-refractivity contribution in [3.05, 3.63) is 74.7 Å². The SMILES string of the molecule is Cc1ccccc1C(=O)NNC(=O)COc1ccc2cc(Br)ccc2c1Br. The van der Waals surface area contributed by atoms with Crippen molar-refractivity contribution < 1.29 is 14.3 Å². The van der Waals surface area contributed by atoms with E-state index in [1.165, 1.54) is 0 Å². The fourth-order valence-electron chi connectivity index (χ4n) is 2.56. The van der Waals surface area contributed by atoms with Crippen LogP contribution in [0, 0.1) is 6.92 Å². The van der Waals surface area contributed by atoms with Gasteiger partial charge in [-0.2, -0.15) is 0 Å². The summed E-state index contributed by atoms with van der Waals surface area (Å²) in [6.07, 6.45) is 0. The van der Waals surface area contributed by atoms with Crippen molar-refractivity contribution in [2.75, 3.05) is 6.61 Å². The number of carbonyl (C=O) groups is 2. The summed E-state index contributed by atoms with van der Waals surface area (Å²) in [5.74, 6) is -0.288. The van der Waals surface area contributed by atoms with E-state index in [0.29, 0.717) is 11.3 Å². The third kappa shape index (κ3) is 4.67. The van der Waals surface area contributed by atoms with Crippen LogP contribution in [0.5, 0.6) is 5.75 Å². The van der Waals surface area contributed by atoms with Crippen LogP contribution in [0.15, 0.2) is 63.5 Å². The number of ether oxygens (including phenoxy) is 1. The minimum absolute atomic E-state index is 0.227. The molecule has 2 amide bonds. The lowest BCUT2D eigenvalue weighted by molar-refractivity contribution is -0.123. The van der Waals surface area contributed by atoms with Crippen molar-refractivity contribution in [3.8, 4) is 5.75 Å². The van der Waals surface area contributed by atoms with Crippen LogP contribution in [-0.2, 0) is 4.79 Å². The Morgan fingerprint density at radius 3 is 2.56 bits per heavy atom. The van der Waals surface area contributed by atoms with Gasteiger partial charge < -0.3 is 4.74 Å². The second-order valence-corrected chi connectivity index (χ2v) is 7.56. The molecule has 0 aliphatic heterocycles. The lowest BCUT2D eigenvalue weighted by Crippen LogP contribution is -2.44. The number of amides is 2. The van der Waals surface area contributed by atoms with E-state index in [9.17, 15) is 9.59 Å². The van der Waals surface area contributed by atoms with Crippen LogP contribution in [-0.4, -0.2) is 18.4 Å². The van der Waals surface area contributed by atoms with Gasteiger partial charge in [-0.05, 0) is 63.5 Å². The zero-order valence-electron chi connectivity index (χ0n) is 14.4. The van der Waals surface area contributed by atoms with Crippen LogP contribution >= 0.6 is 31.9 Å². The summed E-state index contributed by atoms with van der Waals surface area (Å²) in [4.78, 5) is 24.1. The Labute approximate surface area is 173 Å². The Balaban J connectivity index is 1.59. The molecule has 3 aromatic carbocycles. The first kappa shape index (κ1) is 19.4. The first-order valence-electron chi connectivity index (χ1n) is 8.11.